The Kier molecular flexibility index (Phi) is 3.45. The molecule has 0 aliphatic rings. The molecule has 0 atom stereocenters. The van der Waals surface area contributed by atoms with Gasteiger partial charge in [-0.05, 0) is 30.3 Å². The molecule has 3 N–H and O–H groups in total. The number of rotatable bonds is 3. The van der Waals surface area contributed by atoms with E-state index in [0.717, 1.165) is 0 Å². The summed E-state index contributed by atoms with van der Waals surface area (Å²) in [6.07, 6.45) is 0. The highest BCUT2D eigenvalue weighted by atomic mass is 35.5. The fourth-order valence-corrected chi connectivity index (χ4v) is 2.74. The molecule has 2 aromatic rings. The van der Waals surface area contributed by atoms with Crippen LogP contribution in [-0.2, 0) is 10.0 Å². The molecule has 2 aromatic carbocycles. The number of nitrogens with one attached hydrogen (secondary N) is 1. The lowest BCUT2D eigenvalue weighted by atomic mass is 10.3. The molecular weight excluding hydrogens is 272 g/mol. The lowest BCUT2D eigenvalue weighted by molar-refractivity contribution is 0.601. The molecule has 0 aliphatic carbocycles. The molecule has 0 aliphatic heterocycles. The zero-order valence-corrected chi connectivity index (χ0v) is 10.9. The predicted molar refractivity (Wildman–Crippen MR) is 73.1 cm³/mol. The third-order valence-corrected chi connectivity index (χ3v) is 4.00. The third kappa shape index (κ3) is 2.75. The molecule has 94 valence electrons. The second kappa shape index (κ2) is 4.88. The monoisotopic (exact) mass is 282 g/mol. The molecule has 0 saturated carbocycles. The van der Waals surface area contributed by atoms with Gasteiger partial charge in [0.2, 0.25) is 0 Å². The molecule has 0 amide bonds. The van der Waals surface area contributed by atoms with Crippen LogP contribution in [0.4, 0.5) is 11.4 Å². The Morgan fingerprint density at radius 2 is 1.72 bits per heavy atom. The van der Waals surface area contributed by atoms with Gasteiger partial charge in [0.15, 0.2) is 0 Å². The molecule has 0 heterocycles. The summed E-state index contributed by atoms with van der Waals surface area (Å²) < 4.78 is 26.5. The lowest BCUT2D eigenvalue weighted by Crippen LogP contribution is -2.13. The van der Waals surface area contributed by atoms with Gasteiger partial charge in [-0.3, -0.25) is 4.72 Å². The average molecular weight is 283 g/mol. The van der Waals surface area contributed by atoms with E-state index in [0.29, 0.717) is 10.7 Å². The van der Waals surface area contributed by atoms with Crippen LogP contribution in [0.2, 0.25) is 5.02 Å². The largest absolute Gasteiger partial charge is 0.399 e. The summed E-state index contributed by atoms with van der Waals surface area (Å²) in [6.45, 7) is 0. The number of sulfonamides is 1. The van der Waals surface area contributed by atoms with Crippen molar-refractivity contribution in [3.63, 3.8) is 0 Å². The summed E-state index contributed by atoms with van der Waals surface area (Å²) in [5, 5.41) is 0.295. The number of halogens is 1. The van der Waals surface area contributed by atoms with E-state index in [9.17, 15) is 8.42 Å². The summed E-state index contributed by atoms with van der Waals surface area (Å²) >= 11 is 5.91. The van der Waals surface area contributed by atoms with Crippen molar-refractivity contribution in [3.8, 4) is 0 Å². The number of nitrogen functional groups attached to an aromatic ring is 1. The molecular formula is C12H11ClN2O2S. The first-order valence-corrected chi connectivity index (χ1v) is 6.98. The van der Waals surface area contributed by atoms with E-state index in [1.54, 1.807) is 30.3 Å². The van der Waals surface area contributed by atoms with Gasteiger partial charge in [0, 0.05) is 5.69 Å². The van der Waals surface area contributed by atoms with Crippen molar-refractivity contribution in [2.24, 2.45) is 0 Å². The quantitative estimate of drug-likeness (QED) is 0.850. The van der Waals surface area contributed by atoms with Crippen LogP contribution in [0.1, 0.15) is 0 Å². The summed E-state index contributed by atoms with van der Waals surface area (Å²) in [7, 11) is -3.64. The first-order chi connectivity index (χ1) is 8.49. The number of anilines is 2. The molecule has 18 heavy (non-hydrogen) atoms. The van der Waals surface area contributed by atoms with Crippen molar-refractivity contribution < 1.29 is 8.42 Å². The van der Waals surface area contributed by atoms with Gasteiger partial charge in [0.25, 0.3) is 10.0 Å². The van der Waals surface area contributed by atoms with Gasteiger partial charge < -0.3 is 5.73 Å². The highest BCUT2D eigenvalue weighted by Crippen LogP contribution is 2.26. The Morgan fingerprint density at radius 3 is 2.39 bits per heavy atom. The SMILES string of the molecule is Nc1ccc(Cl)c(NS(=O)(=O)c2ccccc2)c1. The fourth-order valence-electron chi connectivity index (χ4n) is 1.42. The molecule has 0 fully saturated rings. The van der Waals surface area contributed by atoms with Gasteiger partial charge in [0.1, 0.15) is 0 Å². The van der Waals surface area contributed by atoms with Gasteiger partial charge in [-0.1, -0.05) is 29.8 Å². The molecule has 0 bridgehead atoms. The molecule has 0 unspecified atom stereocenters. The smallest absolute Gasteiger partial charge is 0.261 e. The molecule has 0 radical (unpaired) electrons. The lowest BCUT2D eigenvalue weighted by Gasteiger charge is -2.10. The summed E-state index contributed by atoms with van der Waals surface area (Å²) in [5.41, 5.74) is 6.29. The van der Waals surface area contributed by atoms with Gasteiger partial charge in [0.05, 0.1) is 15.6 Å². The number of hydrogen-bond donors (Lipinski definition) is 2. The van der Waals surface area contributed by atoms with E-state index >= 15 is 0 Å². The van der Waals surface area contributed by atoms with E-state index in [1.165, 1.54) is 18.2 Å². The third-order valence-electron chi connectivity index (χ3n) is 2.29. The van der Waals surface area contributed by atoms with Crippen LogP contribution in [0.3, 0.4) is 0 Å². The molecule has 0 aromatic heterocycles. The van der Waals surface area contributed by atoms with E-state index in [2.05, 4.69) is 4.72 Å². The van der Waals surface area contributed by atoms with E-state index in [4.69, 9.17) is 17.3 Å². The van der Waals surface area contributed by atoms with Crippen LogP contribution in [0.15, 0.2) is 53.4 Å². The Bertz CT molecular complexity index is 657. The summed E-state index contributed by atoms with van der Waals surface area (Å²) in [5.74, 6) is 0. The van der Waals surface area contributed by atoms with Crippen molar-refractivity contribution in [3.05, 3.63) is 53.6 Å². The molecule has 4 nitrogen and oxygen atoms in total. The first kappa shape index (κ1) is 12.7. The normalized spacial score (nSPS) is 11.2. The van der Waals surface area contributed by atoms with Crippen molar-refractivity contribution in [1.29, 1.82) is 0 Å². The van der Waals surface area contributed by atoms with Crippen LogP contribution in [0, 0.1) is 0 Å². The van der Waals surface area contributed by atoms with Crippen LogP contribution in [0.25, 0.3) is 0 Å². The first-order valence-electron chi connectivity index (χ1n) is 5.12. The highest BCUT2D eigenvalue weighted by Gasteiger charge is 2.15. The Labute approximate surface area is 110 Å². The standard InChI is InChI=1S/C12H11ClN2O2S/c13-11-7-6-9(14)8-12(11)15-18(16,17)10-4-2-1-3-5-10/h1-8,15H,14H2. The van der Waals surface area contributed by atoms with Gasteiger partial charge in [-0.25, -0.2) is 8.42 Å². The highest BCUT2D eigenvalue weighted by molar-refractivity contribution is 7.92. The van der Waals surface area contributed by atoms with Crippen molar-refractivity contribution in [2.75, 3.05) is 10.5 Å². The summed E-state index contributed by atoms with van der Waals surface area (Å²) in [6, 6.07) is 12.7. The topological polar surface area (TPSA) is 72.2 Å². The number of nitrogens with two attached hydrogens (primary N) is 1. The zero-order valence-electron chi connectivity index (χ0n) is 9.30. The maximum absolute atomic E-state index is 12.1. The van der Waals surface area contributed by atoms with Crippen LogP contribution >= 0.6 is 11.6 Å². The minimum Gasteiger partial charge on any atom is -0.399 e. The minimum atomic E-state index is -3.64. The van der Waals surface area contributed by atoms with E-state index in [1.807, 2.05) is 0 Å². The van der Waals surface area contributed by atoms with E-state index < -0.39 is 10.0 Å². The van der Waals surface area contributed by atoms with Crippen LogP contribution < -0.4 is 10.5 Å². The maximum atomic E-state index is 12.1. The van der Waals surface area contributed by atoms with Crippen molar-refractivity contribution in [2.45, 2.75) is 4.90 Å². The maximum Gasteiger partial charge on any atom is 0.261 e. The van der Waals surface area contributed by atoms with E-state index in [-0.39, 0.29) is 10.6 Å². The zero-order chi connectivity index (χ0) is 13.2. The van der Waals surface area contributed by atoms with Gasteiger partial charge in [-0.15, -0.1) is 0 Å². The molecule has 0 spiro atoms. The fraction of sp³-hybridized carbons (Fsp3) is 0. The summed E-state index contributed by atoms with van der Waals surface area (Å²) in [4.78, 5) is 0.170. The number of hydrogen-bond acceptors (Lipinski definition) is 3. The second-order valence-electron chi connectivity index (χ2n) is 3.66. The molecule has 2 rings (SSSR count). The van der Waals surface area contributed by atoms with Crippen molar-refractivity contribution in [1.82, 2.24) is 0 Å². The average Bonchev–Trinajstić information content (AvgIpc) is 2.35. The Balaban J connectivity index is 2.37. The predicted octanol–water partition coefficient (Wildman–Crippen LogP) is 2.72. The second-order valence-corrected chi connectivity index (χ2v) is 5.75. The number of benzene rings is 2. The molecule has 0 saturated heterocycles. The van der Waals surface area contributed by atoms with Gasteiger partial charge in [-0.2, -0.15) is 0 Å². The molecule has 6 heteroatoms. The van der Waals surface area contributed by atoms with Crippen molar-refractivity contribution >= 4 is 33.0 Å². The van der Waals surface area contributed by atoms with Gasteiger partial charge >= 0.3 is 0 Å². The van der Waals surface area contributed by atoms with Crippen LogP contribution in [-0.4, -0.2) is 8.42 Å². The van der Waals surface area contributed by atoms with Crippen LogP contribution in [0.5, 0.6) is 0 Å². The Hall–Kier alpha value is -1.72. The minimum absolute atomic E-state index is 0.170. The Morgan fingerprint density at radius 1 is 1.06 bits per heavy atom.